The van der Waals surface area contributed by atoms with Gasteiger partial charge in [-0.25, -0.2) is 0 Å². The van der Waals surface area contributed by atoms with E-state index in [2.05, 4.69) is 42.8 Å². The first-order valence-electron chi connectivity index (χ1n) is 6.41. The summed E-state index contributed by atoms with van der Waals surface area (Å²) in [6.45, 7) is 10.2. The summed E-state index contributed by atoms with van der Waals surface area (Å²) >= 11 is 0. The molecule has 0 atom stereocenters. The van der Waals surface area contributed by atoms with Gasteiger partial charge in [-0.15, -0.1) is 0 Å². The van der Waals surface area contributed by atoms with E-state index in [-0.39, 0.29) is 0 Å². The maximum Gasteiger partial charge on any atom is 0.0565 e. The van der Waals surface area contributed by atoms with E-state index >= 15 is 0 Å². The van der Waals surface area contributed by atoms with Gasteiger partial charge in [-0.2, -0.15) is 5.10 Å². The molecule has 0 aliphatic heterocycles. The van der Waals surface area contributed by atoms with Crippen LogP contribution in [0.25, 0.3) is 5.57 Å². The largest absolute Gasteiger partial charge is 0.282 e. The second kappa shape index (κ2) is 7.49. The van der Waals surface area contributed by atoms with Crippen LogP contribution in [0.2, 0.25) is 0 Å². The number of hydrogen-bond donors (Lipinski definition) is 1. The monoisotopic (exact) mass is 242 g/mol. The highest BCUT2D eigenvalue weighted by Gasteiger charge is 2.05. The molecule has 0 amide bonds. The molecule has 0 spiro atoms. The Morgan fingerprint density at radius 3 is 2.39 bits per heavy atom. The maximum absolute atomic E-state index is 4.05. The van der Waals surface area contributed by atoms with Gasteiger partial charge in [-0.1, -0.05) is 57.2 Å². The summed E-state index contributed by atoms with van der Waals surface area (Å²) in [6, 6.07) is 10.3. The molecule has 2 nitrogen and oxygen atoms in total. The van der Waals surface area contributed by atoms with Gasteiger partial charge in [0.05, 0.1) is 6.20 Å². The Kier molecular flexibility index (Phi) is 5.92. The summed E-state index contributed by atoms with van der Waals surface area (Å²) in [7, 11) is 0. The molecular weight excluding hydrogens is 220 g/mol. The topological polar surface area (TPSA) is 28.7 Å². The molecule has 0 fully saturated rings. The molecular formula is C16H22N2. The summed E-state index contributed by atoms with van der Waals surface area (Å²) in [6.07, 6.45) is 3.96. The van der Waals surface area contributed by atoms with E-state index in [1.165, 1.54) is 12.0 Å². The van der Waals surface area contributed by atoms with Crippen LogP contribution in [0.3, 0.4) is 0 Å². The van der Waals surface area contributed by atoms with E-state index < -0.39 is 0 Å². The fourth-order valence-electron chi connectivity index (χ4n) is 1.62. The summed E-state index contributed by atoms with van der Waals surface area (Å²) in [5, 5.41) is 7.08. The van der Waals surface area contributed by atoms with Crippen LogP contribution in [0.15, 0.2) is 43.1 Å². The van der Waals surface area contributed by atoms with E-state index in [0.717, 1.165) is 23.3 Å². The van der Waals surface area contributed by atoms with Crippen molar-refractivity contribution < 1.29 is 0 Å². The lowest BCUT2D eigenvalue weighted by Gasteiger charge is -2.02. The second-order valence-corrected chi connectivity index (χ2v) is 4.41. The van der Waals surface area contributed by atoms with Gasteiger partial charge in [0.1, 0.15) is 0 Å². The van der Waals surface area contributed by atoms with Gasteiger partial charge >= 0.3 is 0 Å². The summed E-state index contributed by atoms with van der Waals surface area (Å²) in [4.78, 5) is 0. The minimum Gasteiger partial charge on any atom is -0.282 e. The van der Waals surface area contributed by atoms with E-state index in [1.807, 2.05) is 31.3 Å². The smallest absolute Gasteiger partial charge is 0.0565 e. The molecule has 0 saturated heterocycles. The first-order chi connectivity index (χ1) is 8.69. The highest BCUT2D eigenvalue weighted by Crippen LogP contribution is 2.17. The normalized spacial score (nSPS) is 9.50. The molecule has 1 N–H and O–H groups in total. The number of H-pyrrole nitrogens is 1. The van der Waals surface area contributed by atoms with Gasteiger partial charge < -0.3 is 0 Å². The van der Waals surface area contributed by atoms with E-state index in [4.69, 9.17) is 0 Å². The van der Waals surface area contributed by atoms with Crippen molar-refractivity contribution in [2.75, 3.05) is 0 Å². The van der Waals surface area contributed by atoms with Crippen molar-refractivity contribution in [3.8, 4) is 0 Å². The molecule has 18 heavy (non-hydrogen) atoms. The lowest BCUT2D eigenvalue weighted by molar-refractivity contribution is 0.994. The molecule has 2 rings (SSSR count). The molecule has 2 aromatic rings. The van der Waals surface area contributed by atoms with Crippen LogP contribution in [0.1, 0.15) is 44.0 Å². The maximum atomic E-state index is 4.05. The molecule has 0 aliphatic carbocycles. The number of aromatic amines is 1. The molecule has 2 heteroatoms. The standard InChI is InChI=1S/C13H14N2.C3H8/c1-10(2)12-9-14-15-13(12)8-11-6-4-3-5-7-11;1-3-2/h3-7,9H,1,8H2,2H3,(H,14,15);3H2,1-2H3. The molecule has 1 aromatic carbocycles. The Labute approximate surface area is 110 Å². The van der Waals surface area contributed by atoms with Crippen LogP contribution in [0.4, 0.5) is 0 Å². The zero-order valence-electron chi connectivity index (χ0n) is 11.5. The van der Waals surface area contributed by atoms with E-state index in [0.29, 0.717) is 0 Å². The molecule has 0 radical (unpaired) electrons. The third-order valence-corrected chi connectivity index (χ3v) is 2.40. The van der Waals surface area contributed by atoms with Gasteiger partial charge in [0.15, 0.2) is 0 Å². The predicted molar refractivity (Wildman–Crippen MR) is 78.5 cm³/mol. The number of allylic oxidation sites excluding steroid dienone is 1. The van der Waals surface area contributed by atoms with E-state index in [9.17, 15) is 0 Å². The minimum absolute atomic E-state index is 0.878. The molecule has 96 valence electrons. The Bertz CT molecular complexity index is 469. The SMILES string of the molecule is C=C(C)c1cn[nH]c1Cc1ccccc1.CCC. The highest BCUT2D eigenvalue weighted by molar-refractivity contribution is 5.62. The van der Waals surface area contributed by atoms with Crippen LogP contribution in [-0.2, 0) is 6.42 Å². The van der Waals surface area contributed by atoms with Crippen molar-refractivity contribution in [3.05, 3.63) is 59.9 Å². The fraction of sp³-hybridized carbons (Fsp3) is 0.312. The Morgan fingerprint density at radius 1 is 1.22 bits per heavy atom. The van der Waals surface area contributed by atoms with Crippen molar-refractivity contribution in [2.24, 2.45) is 0 Å². The van der Waals surface area contributed by atoms with Gasteiger partial charge in [0, 0.05) is 17.7 Å². The van der Waals surface area contributed by atoms with E-state index in [1.54, 1.807) is 0 Å². The zero-order valence-corrected chi connectivity index (χ0v) is 11.5. The van der Waals surface area contributed by atoms with Crippen LogP contribution in [0.5, 0.6) is 0 Å². The quantitative estimate of drug-likeness (QED) is 0.846. The number of nitrogens with zero attached hydrogens (tertiary/aromatic N) is 1. The predicted octanol–water partition coefficient (Wildman–Crippen LogP) is 4.45. The summed E-state index contributed by atoms with van der Waals surface area (Å²) < 4.78 is 0. The van der Waals surface area contributed by atoms with Crippen molar-refractivity contribution in [1.82, 2.24) is 10.2 Å². The average Bonchev–Trinajstić information content (AvgIpc) is 2.79. The Hall–Kier alpha value is -1.83. The van der Waals surface area contributed by atoms with Gasteiger partial charge in [0.25, 0.3) is 0 Å². The van der Waals surface area contributed by atoms with Gasteiger partial charge in [-0.3, -0.25) is 5.10 Å². The first kappa shape index (κ1) is 14.2. The van der Waals surface area contributed by atoms with Crippen LogP contribution in [0, 0.1) is 0 Å². The highest BCUT2D eigenvalue weighted by atomic mass is 15.1. The number of benzene rings is 1. The molecule has 0 aliphatic rings. The molecule has 0 saturated carbocycles. The van der Waals surface area contributed by atoms with Crippen molar-refractivity contribution in [3.63, 3.8) is 0 Å². The summed E-state index contributed by atoms with van der Waals surface area (Å²) in [5.41, 5.74) is 4.59. The van der Waals surface area contributed by atoms with Gasteiger partial charge in [0.2, 0.25) is 0 Å². The first-order valence-corrected chi connectivity index (χ1v) is 6.41. The van der Waals surface area contributed by atoms with Crippen LogP contribution < -0.4 is 0 Å². The van der Waals surface area contributed by atoms with Crippen molar-refractivity contribution in [2.45, 2.75) is 33.6 Å². The zero-order chi connectivity index (χ0) is 13.4. The third-order valence-electron chi connectivity index (χ3n) is 2.40. The van der Waals surface area contributed by atoms with Crippen molar-refractivity contribution in [1.29, 1.82) is 0 Å². The average molecular weight is 242 g/mol. The molecule has 0 bridgehead atoms. The van der Waals surface area contributed by atoms with Crippen LogP contribution >= 0.6 is 0 Å². The lowest BCUT2D eigenvalue weighted by Crippen LogP contribution is -1.91. The number of rotatable bonds is 3. The molecule has 1 aromatic heterocycles. The molecule has 1 heterocycles. The van der Waals surface area contributed by atoms with Crippen molar-refractivity contribution >= 4 is 5.57 Å². The minimum atomic E-state index is 0.878. The Morgan fingerprint density at radius 2 is 1.83 bits per heavy atom. The third kappa shape index (κ3) is 4.21. The Balaban J connectivity index is 0.000000492. The van der Waals surface area contributed by atoms with Crippen LogP contribution in [-0.4, -0.2) is 10.2 Å². The fourth-order valence-corrected chi connectivity index (χ4v) is 1.62. The summed E-state index contributed by atoms with van der Waals surface area (Å²) in [5.74, 6) is 0. The number of nitrogens with one attached hydrogen (secondary N) is 1. The second-order valence-electron chi connectivity index (χ2n) is 4.41. The van der Waals surface area contributed by atoms with Gasteiger partial charge in [-0.05, 0) is 18.1 Å². The number of aromatic nitrogens is 2. The number of hydrogen-bond acceptors (Lipinski definition) is 1. The molecule has 0 unspecified atom stereocenters. The lowest BCUT2D eigenvalue weighted by atomic mass is 10.0.